The summed E-state index contributed by atoms with van der Waals surface area (Å²) in [6, 6.07) is 0. The quantitative estimate of drug-likeness (QED) is 0.781. The van der Waals surface area contributed by atoms with Gasteiger partial charge in [0.15, 0.2) is 0 Å². The van der Waals surface area contributed by atoms with Crippen molar-refractivity contribution in [3.63, 3.8) is 0 Å². The van der Waals surface area contributed by atoms with Gasteiger partial charge in [-0.1, -0.05) is 13.8 Å². The van der Waals surface area contributed by atoms with Crippen molar-refractivity contribution in [1.29, 1.82) is 0 Å². The summed E-state index contributed by atoms with van der Waals surface area (Å²) in [6.07, 6.45) is 4.03. The average molecular weight is 260 g/mol. The Labute approximate surface area is 102 Å². The summed E-state index contributed by atoms with van der Waals surface area (Å²) >= 11 is 0. The molecular formula is C10H20N4O2S. The molecule has 3 N–H and O–H groups in total. The van der Waals surface area contributed by atoms with Crippen LogP contribution in [0.15, 0.2) is 17.3 Å². The van der Waals surface area contributed by atoms with Gasteiger partial charge in [-0.05, 0) is 12.8 Å². The fourth-order valence-corrected chi connectivity index (χ4v) is 3.45. The van der Waals surface area contributed by atoms with Gasteiger partial charge in [-0.2, -0.15) is 9.40 Å². The maximum Gasteiger partial charge on any atom is 0.246 e. The third-order valence-electron chi connectivity index (χ3n) is 3.50. The topological polar surface area (TPSA) is 92.1 Å². The van der Waals surface area contributed by atoms with E-state index < -0.39 is 15.6 Å². The molecule has 7 heteroatoms. The number of hydrogen-bond acceptors (Lipinski definition) is 4. The number of nitrogens with one attached hydrogen (secondary N) is 1. The molecule has 6 nitrogen and oxygen atoms in total. The molecule has 0 spiro atoms. The van der Waals surface area contributed by atoms with Gasteiger partial charge in [0.1, 0.15) is 4.90 Å². The number of nitrogens with two attached hydrogens (primary N) is 1. The predicted octanol–water partition coefficient (Wildman–Crippen LogP) is 0.548. The summed E-state index contributed by atoms with van der Waals surface area (Å²) in [5.41, 5.74) is 5.22. The zero-order chi connectivity index (χ0) is 13.1. The molecule has 0 saturated carbocycles. The molecule has 0 saturated heterocycles. The van der Waals surface area contributed by atoms with Crippen LogP contribution >= 0.6 is 0 Å². The van der Waals surface area contributed by atoms with E-state index in [1.165, 1.54) is 16.7 Å². The minimum absolute atomic E-state index is 0.166. The number of aromatic amines is 1. The highest BCUT2D eigenvalue weighted by Gasteiger charge is 2.38. The van der Waals surface area contributed by atoms with E-state index in [2.05, 4.69) is 10.2 Å². The molecule has 1 aromatic heterocycles. The summed E-state index contributed by atoms with van der Waals surface area (Å²) in [5.74, 6) is 0. The maximum atomic E-state index is 12.3. The average Bonchev–Trinajstić information content (AvgIpc) is 2.86. The van der Waals surface area contributed by atoms with Crippen LogP contribution in [0.5, 0.6) is 0 Å². The molecule has 0 aromatic carbocycles. The lowest BCUT2D eigenvalue weighted by atomic mass is 9.93. The first-order chi connectivity index (χ1) is 7.94. The van der Waals surface area contributed by atoms with Gasteiger partial charge in [0.05, 0.1) is 6.20 Å². The Kier molecular flexibility index (Phi) is 4.29. The number of aromatic nitrogens is 2. The lowest BCUT2D eigenvalue weighted by Gasteiger charge is -2.38. The van der Waals surface area contributed by atoms with Crippen LogP contribution in [0.1, 0.15) is 26.7 Å². The van der Waals surface area contributed by atoms with Crippen LogP contribution in [-0.2, 0) is 10.0 Å². The van der Waals surface area contributed by atoms with E-state index in [4.69, 9.17) is 5.73 Å². The van der Waals surface area contributed by atoms with Crippen molar-refractivity contribution in [2.24, 2.45) is 5.73 Å². The van der Waals surface area contributed by atoms with Crippen molar-refractivity contribution in [2.45, 2.75) is 37.1 Å². The molecule has 1 aromatic rings. The molecule has 1 heterocycles. The van der Waals surface area contributed by atoms with Crippen molar-refractivity contribution in [2.75, 3.05) is 13.6 Å². The second-order valence-electron chi connectivity index (χ2n) is 4.04. The SMILES string of the molecule is CCC(CC)(CN)N(C)S(=O)(=O)c1cn[nH]c1. The number of rotatable bonds is 6. The fourth-order valence-electron chi connectivity index (χ4n) is 1.91. The van der Waals surface area contributed by atoms with Crippen LogP contribution < -0.4 is 5.73 Å². The van der Waals surface area contributed by atoms with Gasteiger partial charge in [-0.25, -0.2) is 8.42 Å². The minimum Gasteiger partial charge on any atom is -0.329 e. The van der Waals surface area contributed by atoms with Crippen molar-refractivity contribution < 1.29 is 8.42 Å². The lowest BCUT2D eigenvalue weighted by molar-refractivity contribution is 0.208. The molecule has 0 aliphatic carbocycles. The highest BCUT2D eigenvalue weighted by molar-refractivity contribution is 7.89. The normalized spacial score (nSPS) is 13.2. The second kappa shape index (κ2) is 5.16. The molecule has 0 atom stereocenters. The van der Waals surface area contributed by atoms with Crippen molar-refractivity contribution in [1.82, 2.24) is 14.5 Å². The smallest absolute Gasteiger partial charge is 0.246 e. The van der Waals surface area contributed by atoms with Crippen molar-refractivity contribution in [3.05, 3.63) is 12.4 Å². The molecular weight excluding hydrogens is 240 g/mol. The van der Waals surface area contributed by atoms with Crippen LogP contribution in [-0.4, -0.2) is 42.1 Å². The summed E-state index contributed by atoms with van der Waals surface area (Å²) in [6.45, 7) is 4.18. The molecule has 98 valence electrons. The van der Waals surface area contributed by atoms with E-state index >= 15 is 0 Å². The fraction of sp³-hybridized carbons (Fsp3) is 0.700. The maximum absolute atomic E-state index is 12.3. The summed E-state index contributed by atoms with van der Waals surface area (Å²) < 4.78 is 26.0. The monoisotopic (exact) mass is 260 g/mol. The first kappa shape index (κ1) is 14.1. The van der Waals surface area contributed by atoms with Gasteiger partial charge < -0.3 is 5.73 Å². The number of hydrogen-bond donors (Lipinski definition) is 2. The van der Waals surface area contributed by atoms with E-state index in [-0.39, 0.29) is 4.90 Å². The van der Waals surface area contributed by atoms with Gasteiger partial charge in [0, 0.05) is 25.3 Å². The summed E-state index contributed by atoms with van der Waals surface area (Å²) in [5, 5.41) is 6.18. The molecule has 17 heavy (non-hydrogen) atoms. The van der Waals surface area contributed by atoms with E-state index in [1.54, 1.807) is 7.05 Å². The standard InChI is InChI=1S/C10H20N4O2S/c1-4-10(5-2,8-11)14(3)17(15,16)9-6-12-13-7-9/h6-7H,4-5,8,11H2,1-3H3,(H,12,13). The predicted molar refractivity (Wildman–Crippen MR) is 65.9 cm³/mol. The second-order valence-corrected chi connectivity index (χ2v) is 6.01. The molecule has 0 amide bonds. The highest BCUT2D eigenvalue weighted by Crippen LogP contribution is 2.27. The molecule has 0 aliphatic rings. The Morgan fingerprint density at radius 3 is 2.41 bits per heavy atom. The zero-order valence-corrected chi connectivity index (χ0v) is 11.3. The van der Waals surface area contributed by atoms with Crippen LogP contribution in [0.2, 0.25) is 0 Å². The number of sulfonamides is 1. The lowest BCUT2D eigenvalue weighted by Crippen LogP contribution is -2.53. The van der Waals surface area contributed by atoms with E-state index in [9.17, 15) is 8.42 Å². The number of likely N-dealkylation sites (N-methyl/N-ethyl adjacent to an activating group) is 1. The first-order valence-electron chi connectivity index (χ1n) is 5.62. The van der Waals surface area contributed by atoms with Gasteiger partial charge in [-0.3, -0.25) is 5.10 Å². The van der Waals surface area contributed by atoms with Gasteiger partial charge in [-0.15, -0.1) is 0 Å². The van der Waals surface area contributed by atoms with Crippen LogP contribution in [0.4, 0.5) is 0 Å². The first-order valence-corrected chi connectivity index (χ1v) is 7.06. The third kappa shape index (κ3) is 2.36. The van der Waals surface area contributed by atoms with Gasteiger partial charge in [0.2, 0.25) is 10.0 Å². The number of H-pyrrole nitrogens is 1. The molecule has 1 rings (SSSR count). The Balaban J connectivity index is 3.16. The summed E-state index contributed by atoms with van der Waals surface area (Å²) in [4.78, 5) is 0.166. The third-order valence-corrected chi connectivity index (χ3v) is 5.42. The van der Waals surface area contributed by atoms with Crippen molar-refractivity contribution in [3.8, 4) is 0 Å². The molecule has 0 radical (unpaired) electrons. The Bertz CT molecular complexity index is 429. The Morgan fingerprint density at radius 2 is 2.06 bits per heavy atom. The van der Waals surface area contributed by atoms with Crippen LogP contribution in [0.3, 0.4) is 0 Å². The van der Waals surface area contributed by atoms with Gasteiger partial charge in [0.25, 0.3) is 0 Å². The van der Waals surface area contributed by atoms with E-state index in [1.807, 2.05) is 13.8 Å². The molecule has 0 fully saturated rings. The van der Waals surface area contributed by atoms with E-state index in [0.29, 0.717) is 19.4 Å². The minimum atomic E-state index is -3.53. The van der Waals surface area contributed by atoms with Crippen molar-refractivity contribution >= 4 is 10.0 Å². The van der Waals surface area contributed by atoms with Gasteiger partial charge >= 0.3 is 0 Å². The largest absolute Gasteiger partial charge is 0.329 e. The Morgan fingerprint density at radius 1 is 1.47 bits per heavy atom. The molecule has 0 aliphatic heterocycles. The highest BCUT2D eigenvalue weighted by atomic mass is 32.2. The zero-order valence-electron chi connectivity index (χ0n) is 10.5. The number of nitrogens with zero attached hydrogens (tertiary/aromatic N) is 2. The van der Waals surface area contributed by atoms with E-state index in [0.717, 1.165) is 0 Å². The molecule has 0 unspecified atom stereocenters. The molecule has 0 bridgehead atoms. The van der Waals surface area contributed by atoms with Crippen LogP contribution in [0, 0.1) is 0 Å². The Hall–Kier alpha value is -0.920. The summed E-state index contributed by atoms with van der Waals surface area (Å²) in [7, 11) is -1.96. The van der Waals surface area contributed by atoms with Crippen LogP contribution in [0.25, 0.3) is 0 Å².